The van der Waals surface area contributed by atoms with Gasteiger partial charge in [-0.05, 0) is 29.5 Å². The van der Waals surface area contributed by atoms with Gasteiger partial charge in [0.15, 0.2) is 5.82 Å². The normalized spacial score (nSPS) is 20.9. The zero-order valence-electron chi connectivity index (χ0n) is 14.4. The fourth-order valence-electron chi connectivity index (χ4n) is 3.69. The van der Waals surface area contributed by atoms with Crippen LogP contribution in [0, 0.1) is 5.41 Å². The molecule has 1 N–H and O–H groups in total. The lowest BCUT2D eigenvalue weighted by atomic mass is 9.87. The molecular weight excluding hydrogens is 310 g/mol. The lowest BCUT2D eigenvalue weighted by Gasteiger charge is -2.20. The summed E-state index contributed by atoms with van der Waals surface area (Å²) in [5.74, 6) is 0.592. The smallest absolute Gasteiger partial charge is 0.236 e. The van der Waals surface area contributed by atoms with Crippen LogP contribution in [0.25, 0.3) is 5.69 Å². The highest BCUT2D eigenvalue weighted by Crippen LogP contribution is 2.64. The molecule has 1 saturated carbocycles. The Morgan fingerprint density at radius 1 is 1.00 bits per heavy atom. The van der Waals surface area contributed by atoms with Gasteiger partial charge >= 0.3 is 0 Å². The first kappa shape index (κ1) is 15.6. The third kappa shape index (κ3) is 2.54. The van der Waals surface area contributed by atoms with Crippen LogP contribution in [0.1, 0.15) is 25.8 Å². The Balaban J connectivity index is 1.59. The zero-order valence-corrected chi connectivity index (χ0v) is 14.4. The Kier molecular flexibility index (Phi) is 3.49. The topological polar surface area (TPSA) is 46.9 Å². The van der Waals surface area contributed by atoms with Crippen molar-refractivity contribution in [1.29, 1.82) is 0 Å². The van der Waals surface area contributed by atoms with E-state index in [9.17, 15) is 4.79 Å². The van der Waals surface area contributed by atoms with E-state index in [1.54, 1.807) is 4.68 Å². The Hall–Kier alpha value is -2.88. The Bertz CT molecular complexity index is 899. The van der Waals surface area contributed by atoms with Gasteiger partial charge in [0, 0.05) is 12.3 Å². The van der Waals surface area contributed by atoms with Crippen LogP contribution >= 0.6 is 0 Å². The van der Waals surface area contributed by atoms with Crippen molar-refractivity contribution >= 4 is 11.7 Å². The number of hydrogen-bond donors (Lipinski definition) is 1. The highest BCUT2D eigenvalue weighted by Gasteiger charge is 2.67. The second kappa shape index (κ2) is 5.59. The van der Waals surface area contributed by atoms with E-state index in [4.69, 9.17) is 0 Å². The molecule has 1 amide bonds. The number of hydrogen-bond acceptors (Lipinski definition) is 2. The predicted molar refractivity (Wildman–Crippen MR) is 98.7 cm³/mol. The molecule has 126 valence electrons. The molecule has 4 rings (SSSR count). The number of rotatable bonds is 4. The highest BCUT2D eigenvalue weighted by atomic mass is 16.2. The maximum atomic E-state index is 13.1. The first-order chi connectivity index (χ1) is 12.0. The van der Waals surface area contributed by atoms with Crippen LogP contribution in [0.3, 0.4) is 0 Å². The molecule has 0 radical (unpaired) electrons. The molecule has 1 aliphatic rings. The number of amides is 1. The van der Waals surface area contributed by atoms with Crippen molar-refractivity contribution in [3.63, 3.8) is 0 Å². The van der Waals surface area contributed by atoms with Crippen LogP contribution in [0.5, 0.6) is 0 Å². The molecule has 3 aromatic rings. The highest BCUT2D eigenvalue weighted by molar-refractivity contribution is 6.02. The largest absolute Gasteiger partial charge is 0.308 e. The summed E-state index contributed by atoms with van der Waals surface area (Å²) in [6.45, 7) is 4.28. The molecular formula is C21H21N3O. The van der Waals surface area contributed by atoms with Crippen LogP contribution in [0.15, 0.2) is 72.9 Å². The van der Waals surface area contributed by atoms with Gasteiger partial charge < -0.3 is 5.32 Å². The quantitative estimate of drug-likeness (QED) is 0.779. The van der Waals surface area contributed by atoms with Gasteiger partial charge in [0.1, 0.15) is 0 Å². The zero-order chi connectivity index (χ0) is 17.5. The van der Waals surface area contributed by atoms with Crippen molar-refractivity contribution in [3.8, 4) is 5.69 Å². The predicted octanol–water partition coefficient (Wildman–Crippen LogP) is 4.18. The molecule has 0 spiro atoms. The maximum absolute atomic E-state index is 13.1. The van der Waals surface area contributed by atoms with E-state index < -0.39 is 5.41 Å². The molecule has 1 atom stereocenters. The number of nitrogens with zero attached hydrogens (tertiary/aromatic N) is 2. The molecule has 1 aromatic heterocycles. The lowest BCUT2D eigenvalue weighted by Crippen LogP contribution is -2.32. The monoisotopic (exact) mass is 331 g/mol. The van der Waals surface area contributed by atoms with E-state index in [0.29, 0.717) is 5.82 Å². The molecule has 2 aromatic carbocycles. The van der Waals surface area contributed by atoms with Crippen molar-refractivity contribution in [3.05, 3.63) is 78.5 Å². The van der Waals surface area contributed by atoms with Crippen LogP contribution in [0.4, 0.5) is 5.82 Å². The first-order valence-corrected chi connectivity index (χ1v) is 8.51. The van der Waals surface area contributed by atoms with E-state index in [1.807, 2.05) is 72.9 Å². The minimum Gasteiger partial charge on any atom is -0.308 e. The third-order valence-corrected chi connectivity index (χ3v) is 5.24. The van der Waals surface area contributed by atoms with Gasteiger partial charge in [-0.1, -0.05) is 62.4 Å². The van der Waals surface area contributed by atoms with Crippen molar-refractivity contribution in [2.24, 2.45) is 5.41 Å². The summed E-state index contributed by atoms with van der Waals surface area (Å²) >= 11 is 0. The molecule has 0 bridgehead atoms. The summed E-state index contributed by atoms with van der Waals surface area (Å²) in [4.78, 5) is 13.1. The van der Waals surface area contributed by atoms with Gasteiger partial charge in [0.05, 0.1) is 11.1 Å². The Morgan fingerprint density at radius 3 is 2.20 bits per heavy atom. The van der Waals surface area contributed by atoms with E-state index in [2.05, 4.69) is 24.3 Å². The van der Waals surface area contributed by atoms with E-state index >= 15 is 0 Å². The van der Waals surface area contributed by atoms with Gasteiger partial charge in [-0.15, -0.1) is 0 Å². The molecule has 25 heavy (non-hydrogen) atoms. The second-order valence-electron chi connectivity index (χ2n) is 7.27. The van der Waals surface area contributed by atoms with Gasteiger partial charge in [0.2, 0.25) is 5.91 Å². The molecule has 0 aliphatic heterocycles. The number of para-hydroxylation sites is 1. The van der Waals surface area contributed by atoms with Crippen molar-refractivity contribution < 1.29 is 4.79 Å². The summed E-state index contributed by atoms with van der Waals surface area (Å²) in [5, 5.41) is 7.51. The van der Waals surface area contributed by atoms with Crippen molar-refractivity contribution in [2.75, 3.05) is 5.32 Å². The number of benzene rings is 2. The molecule has 1 fully saturated rings. The SMILES string of the molecule is CC1(C)CC1(C(=O)Nc1ccn(-c2ccccc2)n1)c1ccccc1. The van der Waals surface area contributed by atoms with E-state index in [1.165, 1.54) is 0 Å². The Morgan fingerprint density at radius 2 is 1.60 bits per heavy atom. The van der Waals surface area contributed by atoms with Crippen LogP contribution in [-0.2, 0) is 10.2 Å². The number of nitrogens with one attached hydrogen (secondary N) is 1. The average Bonchev–Trinajstić information content (AvgIpc) is 2.98. The van der Waals surface area contributed by atoms with E-state index in [0.717, 1.165) is 17.7 Å². The van der Waals surface area contributed by atoms with Gasteiger partial charge in [-0.25, -0.2) is 4.68 Å². The number of anilines is 1. The van der Waals surface area contributed by atoms with Gasteiger partial charge in [-0.3, -0.25) is 4.79 Å². The standard InChI is InChI=1S/C21H21N3O/c1-20(2)15-21(20,16-9-5-3-6-10-16)19(25)22-18-13-14-24(23-18)17-11-7-4-8-12-17/h3-14H,15H2,1-2H3,(H,22,23,25). The van der Waals surface area contributed by atoms with E-state index in [-0.39, 0.29) is 11.3 Å². The minimum absolute atomic E-state index is 0.0158. The van der Waals surface area contributed by atoms with Crippen molar-refractivity contribution in [1.82, 2.24) is 9.78 Å². The van der Waals surface area contributed by atoms with Crippen molar-refractivity contribution in [2.45, 2.75) is 25.7 Å². The number of aromatic nitrogens is 2. The average molecular weight is 331 g/mol. The molecule has 4 heteroatoms. The molecule has 4 nitrogen and oxygen atoms in total. The van der Waals surface area contributed by atoms with Crippen LogP contribution in [-0.4, -0.2) is 15.7 Å². The first-order valence-electron chi connectivity index (χ1n) is 8.51. The molecule has 1 unspecified atom stereocenters. The summed E-state index contributed by atoms with van der Waals surface area (Å²) in [5.41, 5.74) is 1.50. The maximum Gasteiger partial charge on any atom is 0.236 e. The lowest BCUT2D eigenvalue weighted by molar-refractivity contribution is -0.119. The molecule has 1 aliphatic carbocycles. The summed E-state index contributed by atoms with van der Waals surface area (Å²) in [7, 11) is 0. The third-order valence-electron chi connectivity index (χ3n) is 5.24. The van der Waals surface area contributed by atoms with Crippen LogP contribution in [0.2, 0.25) is 0 Å². The van der Waals surface area contributed by atoms with Gasteiger partial charge in [-0.2, -0.15) is 5.10 Å². The minimum atomic E-state index is -0.481. The number of carbonyl (C=O) groups excluding carboxylic acids is 1. The fraction of sp³-hybridized carbons (Fsp3) is 0.238. The second-order valence-corrected chi connectivity index (χ2v) is 7.27. The summed E-state index contributed by atoms with van der Waals surface area (Å²) in [6.07, 6.45) is 2.70. The molecule has 1 heterocycles. The number of carbonyl (C=O) groups is 1. The van der Waals surface area contributed by atoms with Gasteiger partial charge in [0.25, 0.3) is 0 Å². The van der Waals surface area contributed by atoms with Crippen LogP contribution < -0.4 is 5.32 Å². The summed E-state index contributed by atoms with van der Waals surface area (Å²) in [6, 6.07) is 21.7. The molecule has 0 saturated heterocycles. The fourth-order valence-corrected chi connectivity index (χ4v) is 3.69. The summed E-state index contributed by atoms with van der Waals surface area (Å²) < 4.78 is 1.77. The Labute approximate surface area is 147 Å².